The molecule has 1 aromatic rings. The van der Waals surface area contributed by atoms with Crippen LogP contribution in [-0.2, 0) is 4.79 Å². The van der Waals surface area contributed by atoms with Gasteiger partial charge < -0.3 is 15.3 Å². The fourth-order valence-corrected chi connectivity index (χ4v) is 2.29. The van der Waals surface area contributed by atoms with Crippen molar-refractivity contribution in [2.75, 3.05) is 11.9 Å². The summed E-state index contributed by atoms with van der Waals surface area (Å²) in [4.78, 5) is 24.6. The van der Waals surface area contributed by atoms with Crippen molar-refractivity contribution in [3.05, 3.63) is 28.2 Å². The van der Waals surface area contributed by atoms with Crippen LogP contribution in [0.2, 0.25) is 0 Å². The summed E-state index contributed by atoms with van der Waals surface area (Å²) in [5.41, 5.74) is 1.71. The molecule has 5 nitrogen and oxygen atoms in total. The number of amides is 2. The normalized spacial score (nSPS) is 10.5. The van der Waals surface area contributed by atoms with Crippen LogP contribution in [0.15, 0.2) is 22.7 Å². The molecule has 0 saturated heterocycles. The Morgan fingerprint density at radius 2 is 2.05 bits per heavy atom. The van der Waals surface area contributed by atoms with E-state index in [-0.39, 0.29) is 18.5 Å². The Morgan fingerprint density at radius 1 is 1.38 bits per heavy atom. The predicted molar refractivity (Wildman–Crippen MR) is 86.6 cm³/mol. The molecule has 0 aliphatic heterocycles. The molecule has 21 heavy (non-hydrogen) atoms. The lowest BCUT2D eigenvalue weighted by Crippen LogP contribution is -2.41. The second-order valence-electron chi connectivity index (χ2n) is 5.13. The van der Waals surface area contributed by atoms with Gasteiger partial charge in [0.15, 0.2) is 0 Å². The zero-order valence-corrected chi connectivity index (χ0v) is 14.1. The van der Waals surface area contributed by atoms with Gasteiger partial charge in [-0.15, -0.1) is 0 Å². The number of carboxylic acids is 1. The molecule has 0 bridgehead atoms. The lowest BCUT2D eigenvalue weighted by Gasteiger charge is -2.27. The van der Waals surface area contributed by atoms with Gasteiger partial charge in [0.25, 0.3) is 0 Å². The van der Waals surface area contributed by atoms with Crippen LogP contribution in [-0.4, -0.2) is 34.6 Å². The van der Waals surface area contributed by atoms with Crippen LogP contribution in [0.1, 0.15) is 32.3 Å². The number of halogens is 1. The van der Waals surface area contributed by atoms with Crippen LogP contribution < -0.4 is 5.32 Å². The number of anilines is 1. The highest BCUT2D eigenvalue weighted by Crippen LogP contribution is 2.23. The molecular formula is C15H21BrN2O3. The highest BCUT2D eigenvalue weighted by Gasteiger charge is 2.18. The largest absolute Gasteiger partial charge is 0.481 e. The lowest BCUT2D eigenvalue weighted by atomic mass is 10.2. The van der Waals surface area contributed by atoms with Crippen LogP contribution in [0.4, 0.5) is 10.5 Å². The second-order valence-corrected chi connectivity index (χ2v) is 5.98. The predicted octanol–water partition coefficient (Wildman–Crippen LogP) is 3.86. The molecule has 0 fully saturated rings. The molecule has 0 aliphatic carbocycles. The quantitative estimate of drug-likeness (QED) is 0.812. The van der Waals surface area contributed by atoms with Gasteiger partial charge >= 0.3 is 12.0 Å². The van der Waals surface area contributed by atoms with Crippen molar-refractivity contribution in [2.45, 2.75) is 39.7 Å². The summed E-state index contributed by atoms with van der Waals surface area (Å²) < 4.78 is 0.933. The minimum Gasteiger partial charge on any atom is -0.481 e. The standard InChI is InChI=1S/C15H21BrN2O3/c1-10(2)18(9-5-8-14(19)20)15(21)17-13-7-4-6-12(16)11(13)3/h4,6-7,10H,5,8-9H2,1-3H3,(H,17,21)(H,19,20). The van der Waals surface area contributed by atoms with Gasteiger partial charge in [0.2, 0.25) is 0 Å². The summed E-state index contributed by atoms with van der Waals surface area (Å²) in [6, 6.07) is 5.41. The first kappa shape index (κ1) is 17.5. The molecular weight excluding hydrogens is 336 g/mol. The van der Waals surface area contributed by atoms with Crippen molar-refractivity contribution < 1.29 is 14.7 Å². The number of aliphatic carboxylic acids is 1. The molecule has 2 N–H and O–H groups in total. The van der Waals surface area contributed by atoms with Crippen LogP contribution in [0.3, 0.4) is 0 Å². The van der Waals surface area contributed by atoms with Gasteiger partial charge in [-0.05, 0) is 44.9 Å². The maximum absolute atomic E-state index is 12.3. The number of nitrogens with one attached hydrogen (secondary N) is 1. The van der Waals surface area contributed by atoms with E-state index < -0.39 is 5.97 Å². The first-order valence-corrected chi connectivity index (χ1v) is 7.66. The van der Waals surface area contributed by atoms with Crippen molar-refractivity contribution in [1.82, 2.24) is 4.90 Å². The van der Waals surface area contributed by atoms with Gasteiger partial charge in [-0.1, -0.05) is 22.0 Å². The number of rotatable bonds is 6. The number of nitrogens with zero attached hydrogens (tertiary/aromatic N) is 1. The molecule has 0 spiro atoms. The topological polar surface area (TPSA) is 69.6 Å². The molecule has 6 heteroatoms. The van der Waals surface area contributed by atoms with Crippen molar-refractivity contribution in [1.29, 1.82) is 0 Å². The van der Waals surface area contributed by atoms with Crippen LogP contribution in [0.25, 0.3) is 0 Å². The van der Waals surface area contributed by atoms with Gasteiger partial charge in [-0.25, -0.2) is 4.79 Å². The van der Waals surface area contributed by atoms with E-state index in [4.69, 9.17) is 5.11 Å². The van der Waals surface area contributed by atoms with Gasteiger partial charge in [0, 0.05) is 29.2 Å². The average Bonchev–Trinajstić information content (AvgIpc) is 2.39. The Labute approximate surface area is 133 Å². The third-order valence-corrected chi connectivity index (χ3v) is 4.04. The summed E-state index contributed by atoms with van der Waals surface area (Å²) in [6.45, 7) is 6.16. The SMILES string of the molecule is Cc1c(Br)cccc1NC(=O)N(CCCC(=O)O)C(C)C. The summed E-state index contributed by atoms with van der Waals surface area (Å²) in [7, 11) is 0. The fraction of sp³-hybridized carbons (Fsp3) is 0.467. The monoisotopic (exact) mass is 356 g/mol. The van der Waals surface area contributed by atoms with E-state index in [1.165, 1.54) is 0 Å². The second kappa shape index (κ2) is 8.02. The first-order chi connectivity index (χ1) is 9.82. The van der Waals surface area contributed by atoms with Gasteiger partial charge in [-0.3, -0.25) is 4.79 Å². The maximum atomic E-state index is 12.3. The summed E-state index contributed by atoms with van der Waals surface area (Å²) in [5, 5.41) is 11.6. The fourth-order valence-electron chi connectivity index (χ4n) is 1.92. The number of carbonyl (C=O) groups is 2. The van der Waals surface area contributed by atoms with Gasteiger partial charge in [-0.2, -0.15) is 0 Å². The Bertz CT molecular complexity index is 518. The Kier molecular flexibility index (Phi) is 6.68. The minimum atomic E-state index is -0.845. The number of carboxylic acid groups (broad SMARTS) is 1. The zero-order valence-electron chi connectivity index (χ0n) is 12.5. The number of hydrogen-bond donors (Lipinski definition) is 2. The Morgan fingerprint density at radius 3 is 2.62 bits per heavy atom. The van der Waals surface area contributed by atoms with E-state index in [1.807, 2.05) is 39.0 Å². The summed E-state index contributed by atoms with van der Waals surface area (Å²) in [6.07, 6.45) is 0.505. The highest BCUT2D eigenvalue weighted by atomic mass is 79.9. The highest BCUT2D eigenvalue weighted by molar-refractivity contribution is 9.10. The molecule has 1 aromatic carbocycles. The van der Waals surface area contributed by atoms with Crippen molar-refractivity contribution in [2.24, 2.45) is 0 Å². The van der Waals surface area contributed by atoms with E-state index in [1.54, 1.807) is 4.90 Å². The average molecular weight is 357 g/mol. The third-order valence-electron chi connectivity index (χ3n) is 3.18. The van der Waals surface area contributed by atoms with E-state index in [9.17, 15) is 9.59 Å². The van der Waals surface area contributed by atoms with Gasteiger partial charge in [0.05, 0.1) is 0 Å². The zero-order chi connectivity index (χ0) is 16.0. The molecule has 1 rings (SSSR count). The summed E-state index contributed by atoms with van der Waals surface area (Å²) >= 11 is 3.43. The molecule has 0 unspecified atom stereocenters. The van der Waals surface area contributed by atoms with Crippen molar-refractivity contribution >= 4 is 33.6 Å². The third kappa shape index (κ3) is 5.38. The van der Waals surface area contributed by atoms with Crippen molar-refractivity contribution in [3.8, 4) is 0 Å². The number of urea groups is 1. The molecule has 0 saturated carbocycles. The van der Waals surface area contributed by atoms with E-state index in [0.717, 1.165) is 15.7 Å². The number of carbonyl (C=O) groups excluding carboxylic acids is 1. The Hall–Kier alpha value is -1.56. The van der Waals surface area contributed by atoms with Crippen LogP contribution in [0.5, 0.6) is 0 Å². The van der Waals surface area contributed by atoms with E-state index in [0.29, 0.717) is 13.0 Å². The molecule has 0 aromatic heterocycles. The summed E-state index contributed by atoms with van der Waals surface area (Å²) in [5.74, 6) is -0.845. The van der Waals surface area contributed by atoms with Crippen molar-refractivity contribution in [3.63, 3.8) is 0 Å². The minimum absolute atomic E-state index is 0.00579. The number of hydrogen-bond acceptors (Lipinski definition) is 2. The molecule has 0 aliphatic rings. The molecule has 0 heterocycles. The van der Waals surface area contributed by atoms with Crippen LogP contribution >= 0.6 is 15.9 Å². The maximum Gasteiger partial charge on any atom is 0.322 e. The first-order valence-electron chi connectivity index (χ1n) is 6.87. The van der Waals surface area contributed by atoms with E-state index >= 15 is 0 Å². The van der Waals surface area contributed by atoms with E-state index in [2.05, 4.69) is 21.2 Å². The number of benzene rings is 1. The van der Waals surface area contributed by atoms with Crippen LogP contribution in [0, 0.1) is 6.92 Å². The lowest BCUT2D eigenvalue weighted by molar-refractivity contribution is -0.137. The molecule has 0 radical (unpaired) electrons. The molecule has 116 valence electrons. The molecule has 2 amide bonds. The smallest absolute Gasteiger partial charge is 0.322 e. The van der Waals surface area contributed by atoms with Gasteiger partial charge in [0.1, 0.15) is 0 Å². The Balaban J connectivity index is 2.73. The molecule has 0 atom stereocenters.